The fourth-order valence-corrected chi connectivity index (χ4v) is 2.87. The highest BCUT2D eigenvalue weighted by molar-refractivity contribution is 5.33. The molecule has 5 nitrogen and oxygen atoms in total. The zero-order chi connectivity index (χ0) is 14.8. The molecule has 0 radical (unpaired) electrons. The third-order valence-corrected chi connectivity index (χ3v) is 4.37. The summed E-state index contributed by atoms with van der Waals surface area (Å²) in [6, 6.07) is 6.69. The SMILES string of the molecule is Cc1cccc(CN2CCOC[C@H]2c2ncnn2C)c1C. The maximum absolute atomic E-state index is 5.66. The quantitative estimate of drug-likeness (QED) is 0.865. The Hall–Kier alpha value is -1.72. The fraction of sp³-hybridized carbons (Fsp3) is 0.500. The number of ether oxygens (including phenoxy) is 1. The highest BCUT2D eigenvalue weighted by Crippen LogP contribution is 2.25. The third kappa shape index (κ3) is 2.84. The van der Waals surface area contributed by atoms with E-state index < -0.39 is 0 Å². The molecule has 21 heavy (non-hydrogen) atoms. The van der Waals surface area contributed by atoms with Gasteiger partial charge < -0.3 is 4.74 Å². The van der Waals surface area contributed by atoms with Crippen LogP contribution in [-0.4, -0.2) is 39.4 Å². The number of morpholine rings is 1. The van der Waals surface area contributed by atoms with Gasteiger partial charge in [-0.25, -0.2) is 4.98 Å². The van der Waals surface area contributed by atoms with Gasteiger partial charge in [-0.15, -0.1) is 0 Å². The number of hydrogen-bond donors (Lipinski definition) is 0. The Morgan fingerprint density at radius 2 is 2.19 bits per heavy atom. The predicted octanol–water partition coefficient (Wildman–Crippen LogP) is 2.01. The molecule has 0 spiro atoms. The molecule has 0 unspecified atom stereocenters. The number of nitrogens with zero attached hydrogens (tertiary/aromatic N) is 4. The first-order valence-electron chi connectivity index (χ1n) is 7.37. The van der Waals surface area contributed by atoms with Crippen LogP contribution in [0.15, 0.2) is 24.5 Å². The molecule has 0 amide bonds. The lowest BCUT2D eigenvalue weighted by molar-refractivity contribution is -0.0172. The van der Waals surface area contributed by atoms with Gasteiger partial charge in [-0.2, -0.15) is 5.10 Å². The van der Waals surface area contributed by atoms with Crippen molar-refractivity contribution in [2.75, 3.05) is 19.8 Å². The van der Waals surface area contributed by atoms with Crippen molar-refractivity contribution in [1.29, 1.82) is 0 Å². The molecule has 1 fully saturated rings. The molecule has 0 saturated carbocycles. The number of aromatic nitrogens is 3. The van der Waals surface area contributed by atoms with E-state index in [-0.39, 0.29) is 6.04 Å². The first-order valence-corrected chi connectivity index (χ1v) is 7.37. The molecule has 1 aromatic heterocycles. The molecule has 0 bridgehead atoms. The van der Waals surface area contributed by atoms with Gasteiger partial charge in [0.05, 0.1) is 19.3 Å². The van der Waals surface area contributed by atoms with Gasteiger partial charge in [0.1, 0.15) is 12.2 Å². The molecular weight excluding hydrogens is 264 g/mol. The molecule has 0 N–H and O–H groups in total. The zero-order valence-electron chi connectivity index (χ0n) is 12.9. The van der Waals surface area contributed by atoms with E-state index in [2.05, 4.69) is 47.0 Å². The van der Waals surface area contributed by atoms with E-state index in [0.717, 1.165) is 25.5 Å². The van der Waals surface area contributed by atoms with Crippen molar-refractivity contribution < 1.29 is 4.74 Å². The molecule has 3 rings (SSSR count). The van der Waals surface area contributed by atoms with E-state index in [9.17, 15) is 0 Å². The Morgan fingerprint density at radius 3 is 2.95 bits per heavy atom. The molecule has 112 valence electrons. The lowest BCUT2D eigenvalue weighted by Gasteiger charge is -2.35. The standard InChI is InChI=1S/C16H22N4O/c1-12-5-4-6-14(13(12)2)9-20-7-8-21-10-15(20)16-17-11-18-19(16)3/h4-6,11,15H,7-10H2,1-3H3/t15-/m0/s1. The summed E-state index contributed by atoms with van der Waals surface area (Å²) in [7, 11) is 1.94. The highest BCUT2D eigenvalue weighted by atomic mass is 16.5. The Labute approximate surface area is 125 Å². The monoisotopic (exact) mass is 286 g/mol. The van der Waals surface area contributed by atoms with Gasteiger partial charge in [-0.1, -0.05) is 18.2 Å². The van der Waals surface area contributed by atoms with Crippen molar-refractivity contribution >= 4 is 0 Å². The van der Waals surface area contributed by atoms with Crippen molar-refractivity contribution in [2.24, 2.45) is 7.05 Å². The molecule has 2 heterocycles. The average molecular weight is 286 g/mol. The summed E-state index contributed by atoms with van der Waals surface area (Å²) in [4.78, 5) is 6.84. The van der Waals surface area contributed by atoms with E-state index >= 15 is 0 Å². The first kappa shape index (κ1) is 14.2. The topological polar surface area (TPSA) is 43.2 Å². The minimum atomic E-state index is 0.172. The highest BCUT2D eigenvalue weighted by Gasteiger charge is 2.28. The van der Waals surface area contributed by atoms with Crippen LogP contribution in [0.1, 0.15) is 28.6 Å². The molecular formula is C16H22N4O. The van der Waals surface area contributed by atoms with E-state index in [0.29, 0.717) is 6.61 Å². The largest absolute Gasteiger partial charge is 0.378 e. The summed E-state index contributed by atoms with van der Waals surface area (Å²) in [6.45, 7) is 7.66. The Kier molecular flexibility index (Phi) is 4.03. The minimum Gasteiger partial charge on any atom is -0.378 e. The second-order valence-electron chi connectivity index (χ2n) is 5.66. The van der Waals surface area contributed by atoms with Gasteiger partial charge in [-0.3, -0.25) is 9.58 Å². The predicted molar refractivity (Wildman–Crippen MR) is 80.9 cm³/mol. The number of hydrogen-bond acceptors (Lipinski definition) is 4. The van der Waals surface area contributed by atoms with Gasteiger partial charge in [0, 0.05) is 20.1 Å². The Morgan fingerprint density at radius 1 is 1.33 bits per heavy atom. The lowest BCUT2D eigenvalue weighted by atomic mass is 10.0. The van der Waals surface area contributed by atoms with Gasteiger partial charge in [0.2, 0.25) is 0 Å². The maximum Gasteiger partial charge on any atom is 0.146 e. The van der Waals surface area contributed by atoms with E-state index in [4.69, 9.17) is 4.74 Å². The van der Waals surface area contributed by atoms with Crippen LogP contribution in [0.4, 0.5) is 0 Å². The van der Waals surface area contributed by atoms with Crippen LogP contribution in [0.2, 0.25) is 0 Å². The molecule has 1 atom stereocenters. The fourth-order valence-electron chi connectivity index (χ4n) is 2.87. The number of benzene rings is 1. The molecule has 5 heteroatoms. The molecule has 1 aliphatic heterocycles. The van der Waals surface area contributed by atoms with Crippen LogP contribution in [0.5, 0.6) is 0 Å². The summed E-state index contributed by atoms with van der Waals surface area (Å²) >= 11 is 0. The van der Waals surface area contributed by atoms with Crippen LogP contribution in [-0.2, 0) is 18.3 Å². The van der Waals surface area contributed by atoms with Crippen molar-refractivity contribution in [3.8, 4) is 0 Å². The first-order chi connectivity index (χ1) is 10.2. The van der Waals surface area contributed by atoms with Crippen LogP contribution in [0, 0.1) is 13.8 Å². The third-order valence-electron chi connectivity index (χ3n) is 4.37. The Bertz CT molecular complexity index is 622. The van der Waals surface area contributed by atoms with Gasteiger partial charge in [0.25, 0.3) is 0 Å². The second-order valence-corrected chi connectivity index (χ2v) is 5.66. The van der Waals surface area contributed by atoms with Gasteiger partial charge in [-0.05, 0) is 30.5 Å². The van der Waals surface area contributed by atoms with Crippen LogP contribution in [0.3, 0.4) is 0 Å². The van der Waals surface area contributed by atoms with Gasteiger partial charge in [0.15, 0.2) is 0 Å². The maximum atomic E-state index is 5.66. The lowest BCUT2D eigenvalue weighted by Crippen LogP contribution is -2.40. The van der Waals surface area contributed by atoms with E-state index in [1.165, 1.54) is 16.7 Å². The summed E-state index contributed by atoms with van der Waals surface area (Å²) in [5.74, 6) is 0.972. The number of rotatable bonds is 3. The molecule has 1 aromatic carbocycles. The van der Waals surface area contributed by atoms with Crippen LogP contribution >= 0.6 is 0 Å². The van der Waals surface area contributed by atoms with Crippen LogP contribution < -0.4 is 0 Å². The van der Waals surface area contributed by atoms with Crippen molar-refractivity contribution in [3.63, 3.8) is 0 Å². The second kappa shape index (κ2) is 5.95. The molecule has 1 aliphatic rings. The summed E-state index contributed by atoms with van der Waals surface area (Å²) in [6.07, 6.45) is 1.61. The normalized spacial score (nSPS) is 19.9. The van der Waals surface area contributed by atoms with Crippen molar-refractivity contribution in [2.45, 2.75) is 26.4 Å². The molecule has 0 aliphatic carbocycles. The van der Waals surface area contributed by atoms with E-state index in [1.54, 1.807) is 6.33 Å². The summed E-state index contributed by atoms with van der Waals surface area (Å²) < 4.78 is 7.50. The number of aryl methyl sites for hydroxylation is 2. The molecule has 1 saturated heterocycles. The average Bonchev–Trinajstić information content (AvgIpc) is 2.90. The van der Waals surface area contributed by atoms with Crippen LogP contribution in [0.25, 0.3) is 0 Å². The van der Waals surface area contributed by atoms with Gasteiger partial charge >= 0.3 is 0 Å². The zero-order valence-corrected chi connectivity index (χ0v) is 12.9. The van der Waals surface area contributed by atoms with Crippen molar-refractivity contribution in [1.82, 2.24) is 19.7 Å². The molecule has 2 aromatic rings. The van der Waals surface area contributed by atoms with E-state index in [1.807, 2.05) is 11.7 Å². The summed E-state index contributed by atoms with van der Waals surface area (Å²) in [5, 5.41) is 4.19. The van der Waals surface area contributed by atoms with Crippen molar-refractivity contribution in [3.05, 3.63) is 47.0 Å². The smallest absolute Gasteiger partial charge is 0.146 e. The summed E-state index contributed by atoms with van der Waals surface area (Å²) in [5.41, 5.74) is 4.10. The Balaban J connectivity index is 1.85. The minimum absolute atomic E-state index is 0.172.